The lowest BCUT2D eigenvalue weighted by Gasteiger charge is -2.22. The minimum atomic E-state index is -3.39. The molecule has 0 aliphatic heterocycles. The van der Waals surface area contributed by atoms with Crippen molar-refractivity contribution >= 4 is 37.3 Å². The van der Waals surface area contributed by atoms with Gasteiger partial charge in [0.2, 0.25) is 10.0 Å². The van der Waals surface area contributed by atoms with E-state index in [4.69, 9.17) is 0 Å². The van der Waals surface area contributed by atoms with Gasteiger partial charge in [0, 0.05) is 0 Å². The molecule has 0 saturated heterocycles. The van der Waals surface area contributed by atoms with Crippen LogP contribution in [0.5, 0.6) is 0 Å². The average Bonchev–Trinajstić information content (AvgIpc) is 2.83. The Morgan fingerprint density at radius 2 is 2.00 bits per heavy atom. The standard InChI is InChI=1S/C12H15BrN4O2S/c13-11-7-6-10-12(14-8-15-17(10)11)16-20(18,19)9-4-2-1-3-5-9/h6-9H,1-5H2,(H,14,15,16). The van der Waals surface area contributed by atoms with Crippen LogP contribution in [0.4, 0.5) is 5.82 Å². The second-order valence-corrected chi connectivity index (χ2v) is 7.74. The Bertz CT molecular complexity index is 722. The monoisotopic (exact) mass is 358 g/mol. The highest BCUT2D eigenvalue weighted by Crippen LogP contribution is 2.26. The van der Waals surface area contributed by atoms with Gasteiger partial charge in [0.25, 0.3) is 0 Å². The van der Waals surface area contributed by atoms with E-state index in [2.05, 4.69) is 30.7 Å². The number of anilines is 1. The Kier molecular flexibility index (Phi) is 3.68. The third-order valence-electron chi connectivity index (χ3n) is 3.64. The van der Waals surface area contributed by atoms with Gasteiger partial charge >= 0.3 is 0 Å². The highest BCUT2D eigenvalue weighted by Gasteiger charge is 2.28. The topological polar surface area (TPSA) is 76.4 Å². The lowest BCUT2D eigenvalue weighted by molar-refractivity contribution is 0.486. The Labute approximate surface area is 125 Å². The number of nitrogens with one attached hydrogen (secondary N) is 1. The van der Waals surface area contributed by atoms with E-state index in [1.54, 1.807) is 10.6 Å². The van der Waals surface area contributed by atoms with Crippen LogP contribution in [0.1, 0.15) is 32.1 Å². The zero-order valence-corrected chi connectivity index (χ0v) is 13.2. The molecule has 0 radical (unpaired) electrons. The summed E-state index contributed by atoms with van der Waals surface area (Å²) in [6.07, 6.45) is 5.86. The van der Waals surface area contributed by atoms with E-state index in [1.165, 1.54) is 6.33 Å². The molecule has 2 heterocycles. The van der Waals surface area contributed by atoms with Gasteiger partial charge in [0.15, 0.2) is 5.82 Å². The van der Waals surface area contributed by atoms with Crippen molar-refractivity contribution in [3.05, 3.63) is 23.1 Å². The Hall–Kier alpha value is -1.15. The predicted octanol–water partition coefficient (Wildman–Crippen LogP) is 2.57. The number of sulfonamides is 1. The molecule has 1 aliphatic carbocycles. The van der Waals surface area contributed by atoms with Gasteiger partial charge in [-0.05, 0) is 40.9 Å². The molecule has 8 heteroatoms. The fourth-order valence-corrected chi connectivity index (χ4v) is 4.54. The van der Waals surface area contributed by atoms with E-state index >= 15 is 0 Å². The summed E-state index contributed by atoms with van der Waals surface area (Å²) >= 11 is 3.35. The van der Waals surface area contributed by atoms with E-state index in [9.17, 15) is 8.42 Å². The lowest BCUT2D eigenvalue weighted by atomic mass is 10.0. The van der Waals surface area contributed by atoms with Gasteiger partial charge in [0.05, 0.1) is 5.25 Å². The molecule has 0 aromatic carbocycles. The van der Waals surface area contributed by atoms with Crippen LogP contribution in [-0.2, 0) is 10.0 Å². The molecule has 0 unspecified atom stereocenters. The summed E-state index contributed by atoms with van der Waals surface area (Å²) in [5, 5.41) is 3.75. The second-order valence-electron chi connectivity index (χ2n) is 4.97. The van der Waals surface area contributed by atoms with Crippen LogP contribution >= 0.6 is 15.9 Å². The number of hydrogen-bond acceptors (Lipinski definition) is 4. The van der Waals surface area contributed by atoms with Gasteiger partial charge in [-0.25, -0.2) is 17.9 Å². The molecule has 2 aromatic rings. The van der Waals surface area contributed by atoms with Crippen LogP contribution in [0.2, 0.25) is 0 Å². The molecule has 1 fully saturated rings. The highest BCUT2D eigenvalue weighted by molar-refractivity contribution is 9.10. The zero-order valence-electron chi connectivity index (χ0n) is 10.8. The number of hydrogen-bond donors (Lipinski definition) is 1. The molecule has 0 spiro atoms. The van der Waals surface area contributed by atoms with Crippen molar-refractivity contribution < 1.29 is 8.42 Å². The van der Waals surface area contributed by atoms with Crippen molar-refractivity contribution in [3.63, 3.8) is 0 Å². The molecule has 0 amide bonds. The summed E-state index contributed by atoms with van der Waals surface area (Å²) in [7, 11) is -3.39. The summed E-state index contributed by atoms with van der Waals surface area (Å²) in [6.45, 7) is 0. The first-order valence-corrected chi connectivity index (χ1v) is 8.92. The van der Waals surface area contributed by atoms with E-state index in [-0.39, 0.29) is 5.25 Å². The molecule has 0 atom stereocenters. The summed E-state index contributed by atoms with van der Waals surface area (Å²) in [5.74, 6) is 0.330. The number of aromatic nitrogens is 3. The summed E-state index contributed by atoms with van der Waals surface area (Å²) in [4.78, 5) is 4.06. The molecule has 3 rings (SSSR count). The quantitative estimate of drug-likeness (QED) is 0.914. The molecular formula is C12H15BrN4O2S. The first kappa shape index (κ1) is 13.8. The number of nitrogens with zero attached hydrogens (tertiary/aromatic N) is 3. The molecule has 1 aliphatic rings. The fraction of sp³-hybridized carbons (Fsp3) is 0.500. The van der Waals surface area contributed by atoms with Crippen molar-refractivity contribution in [2.45, 2.75) is 37.4 Å². The lowest BCUT2D eigenvalue weighted by Crippen LogP contribution is -2.30. The minimum Gasteiger partial charge on any atom is -0.265 e. The van der Waals surface area contributed by atoms with Crippen molar-refractivity contribution in [1.29, 1.82) is 0 Å². The maximum absolute atomic E-state index is 12.4. The number of fused-ring (bicyclic) bond motifs is 1. The molecule has 1 saturated carbocycles. The van der Waals surface area contributed by atoms with Crippen molar-refractivity contribution in [3.8, 4) is 0 Å². The predicted molar refractivity (Wildman–Crippen MR) is 80.1 cm³/mol. The van der Waals surface area contributed by atoms with E-state index < -0.39 is 10.0 Å². The summed E-state index contributed by atoms with van der Waals surface area (Å²) in [6, 6.07) is 3.59. The first-order chi connectivity index (χ1) is 9.58. The molecule has 6 nitrogen and oxygen atoms in total. The maximum Gasteiger partial charge on any atom is 0.236 e. The van der Waals surface area contributed by atoms with Crippen LogP contribution in [0, 0.1) is 0 Å². The normalized spacial score (nSPS) is 17.4. The van der Waals surface area contributed by atoms with Crippen LogP contribution in [0.3, 0.4) is 0 Å². The van der Waals surface area contributed by atoms with Gasteiger partial charge < -0.3 is 0 Å². The largest absolute Gasteiger partial charge is 0.265 e. The first-order valence-electron chi connectivity index (χ1n) is 6.58. The van der Waals surface area contributed by atoms with Crippen molar-refractivity contribution in [2.75, 3.05) is 4.72 Å². The minimum absolute atomic E-state index is 0.315. The Balaban J connectivity index is 1.92. The van der Waals surface area contributed by atoms with Gasteiger partial charge in [-0.2, -0.15) is 5.10 Å². The fourth-order valence-electron chi connectivity index (χ4n) is 2.57. The van der Waals surface area contributed by atoms with Crippen LogP contribution in [0.15, 0.2) is 23.1 Å². The number of halogens is 1. The van der Waals surface area contributed by atoms with Crippen LogP contribution in [-0.4, -0.2) is 28.3 Å². The molecule has 108 valence electrons. The second kappa shape index (κ2) is 5.33. The van der Waals surface area contributed by atoms with Crippen LogP contribution in [0.25, 0.3) is 5.52 Å². The summed E-state index contributed by atoms with van der Waals surface area (Å²) < 4.78 is 29.8. The maximum atomic E-state index is 12.4. The van der Waals surface area contributed by atoms with Gasteiger partial charge in [-0.1, -0.05) is 19.3 Å². The average molecular weight is 359 g/mol. The molecule has 2 aromatic heterocycles. The smallest absolute Gasteiger partial charge is 0.236 e. The molecule has 20 heavy (non-hydrogen) atoms. The van der Waals surface area contributed by atoms with Crippen LogP contribution < -0.4 is 4.72 Å². The summed E-state index contributed by atoms with van der Waals surface area (Å²) in [5.41, 5.74) is 0.638. The third kappa shape index (κ3) is 2.54. The van der Waals surface area contributed by atoms with Gasteiger partial charge in [-0.3, -0.25) is 4.72 Å². The number of rotatable bonds is 3. The van der Waals surface area contributed by atoms with Crippen molar-refractivity contribution in [2.24, 2.45) is 0 Å². The van der Waals surface area contributed by atoms with Gasteiger partial charge in [0.1, 0.15) is 16.4 Å². The zero-order chi connectivity index (χ0) is 14.2. The molecule has 1 N–H and O–H groups in total. The molecule has 0 bridgehead atoms. The highest BCUT2D eigenvalue weighted by atomic mass is 79.9. The van der Waals surface area contributed by atoms with Gasteiger partial charge in [-0.15, -0.1) is 0 Å². The van der Waals surface area contributed by atoms with E-state index in [0.29, 0.717) is 11.3 Å². The van der Waals surface area contributed by atoms with Crippen molar-refractivity contribution in [1.82, 2.24) is 14.6 Å². The van der Waals surface area contributed by atoms with E-state index in [1.807, 2.05) is 6.07 Å². The molecular weight excluding hydrogens is 344 g/mol. The third-order valence-corrected chi connectivity index (χ3v) is 6.06. The SMILES string of the molecule is O=S(=O)(Nc1ncnn2c(Br)ccc12)C1CCCCC1. The van der Waals surface area contributed by atoms with E-state index in [0.717, 1.165) is 36.7 Å². The Morgan fingerprint density at radius 3 is 2.75 bits per heavy atom. The Morgan fingerprint density at radius 1 is 1.25 bits per heavy atom.